The number of nitrogens with zero attached hydrogens (tertiary/aromatic N) is 2. The first-order valence-electron chi connectivity index (χ1n) is 5.77. The number of nitrogens with one attached hydrogen (secondary N) is 1. The SMILES string of the molecule is CO/C=C(/C(=O)NC=O)c1ccccc1Oc1ncns1. The zero-order chi connectivity index (χ0) is 15.1. The minimum Gasteiger partial charge on any atom is -0.504 e. The van der Waals surface area contributed by atoms with Crippen molar-refractivity contribution in [2.24, 2.45) is 0 Å². The summed E-state index contributed by atoms with van der Waals surface area (Å²) in [5, 5.41) is 2.41. The van der Waals surface area contributed by atoms with Gasteiger partial charge in [-0.15, -0.1) is 0 Å². The summed E-state index contributed by atoms with van der Waals surface area (Å²) in [6.07, 6.45) is 2.91. The highest BCUT2D eigenvalue weighted by Crippen LogP contribution is 2.30. The van der Waals surface area contributed by atoms with Crippen molar-refractivity contribution < 1.29 is 19.1 Å². The second-order valence-electron chi connectivity index (χ2n) is 3.66. The number of hydrogen-bond donors (Lipinski definition) is 1. The molecule has 2 aromatic rings. The van der Waals surface area contributed by atoms with E-state index in [2.05, 4.69) is 14.7 Å². The largest absolute Gasteiger partial charge is 0.504 e. The van der Waals surface area contributed by atoms with Gasteiger partial charge >= 0.3 is 0 Å². The van der Waals surface area contributed by atoms with Crippen LogP contribution in [0.15, 0.2) is 36.9 Å². The van der Waals surface area contributed by atoms with Crippen LogP contribution in [0.25, 0.3) is 5.57 Å². The fourth-order valence-corrected chi connectivity index (χ4v) is 1.97. The Kier molecular flexibility index (Phi) is 4.99. The summed E-state index contributed by atoms with van der Waals surface area (Å²) < 4.78 is 14.3. The van der Waals surface area contributed by atoms with E-state index in [1.807, 2.05) is 0 Å². The third kappa shape index (κ3) is 3.63. The maximum absolute atomic E-state index is 11.9. The molecule has 0 radical (unpaired) electrons. The van der Waals surface area contributed by atoms with Gasteiger partial charge in [-0.3, -0.25) is 14.9 Å². The van der Waals surface area contributed by atoms with E-state index in [-0.39, 0.29) is 5.57 Å². The van der Waals surface area contributed by atoms with Crippen LogP contribution in [0.4, 0.5) is 0 Å². The first-order chi connectivity index (χ1) is 10.3. The van der Waals surface area contributed by atoms with E-state index in [1.54, 1.807) is 24.3 Å². The van der Waals surface area contributed by atoms with Crippen molar-refractivity contribution in [2.75, 3.05) is 7.11 Å². The van der Waals surface area contributed by atoms with Crippen molar-refractivity contribution in [3.05, 3.63) is 42.4 Å². The Morgan fingerprint density at radius 1 is 1.38 bits per heavy atom. The standard InChI is InChI=1S/C13H11N3O4S/c1-19-6-10(12(18)15-8-17)9-4-2-3-5-11(9)20-13-14-7-16-21-13/h2-8H,1H3,(H,15,17,18)/b10-6+. The normalized spacial score (nSPS) is 10.8. The van der Waals surface area contributed by atoms with Crippen LogP contribution >= 0.6 is 11.5 Å². The molecule has 0 atom stereocenters. The molecule has 0 unspecified atom stereocenters. The maximum Gasteiger partial charge on any atom is 0.298 e. The Bertz CT molecular complexity index is 655. The molecule has 0 fully saturated rings. The summed E-state index contributed by atoms with van der Waals surface area (Å²) in [4.78, 5) is 26.3. The van der Waals surface area contributed by atoms with Crippen LogP contribution in [0.2, 0.25) is 0 Å². The Morgan fingerprint density at radius 3 is 2.86 bits per heavy atom. The highest BCUT2D eigenvalue weighted by atomic mass is 32.1. The molecule has 0 aliphatic heterocycles. The van der Waals surface area contributed by atoms with Gasteiger partial charge < -0.3 is 9.47 Å². The second-order valence-corrected chi connectivity index (χ2v) is 4.41. The Hall–Kier alpha value is -2.74. The number of benzene rings is 1. The number of carbonyl (C=O) groups excluding carboxylic acids is 2. The Labute approximate surface area is 124 Å². The number of para-hydroxylation sites is 1. The predicted molar refractivity (Wildman–Crippen MR) is 75.6 cm³/mol. The molecular formula is C13H11N3O4S. The van der Waals surface area contributed by atoms with Crippen LogP contribution in [0.5, 0.6) is 10.9 Å². The average molecular weight is 305 g/mol. The van der Waals surface area contributed by atoms with Gasteiger partial charge in [0.25, 0.3) is 11.1 Å². The topological polar surface area (TPSA) is 90.4 Å². The lowest BCUT2D eigenvalue weighted by molar-refractivity contribution is -0.121. The number of aromatic nitrogens is 2. The lowest BCUT2D eigenvalue weighted by Crippen LogP contribution is -2.22. The van der Waals surface area contributed by atoms with Crippen LogP contribution in [0.3, 0.4) is 0 Å². The lowest BCUT2D eigenvalue weighted by atomic mass is 10.1. The summed E-state index contributed by atoms with van der Waals surface area (Å²) in [6, 6.07) is 6.84. The van der Waals surface area contributed by atoms with E-state index >= 15 is 0 Å². The summed E-state index contributed by atoms with van der Waals surface area (Å²) in [6.45, 7) is 0. The van der Waals surface area contributed by atoms with Crippen molar-refractivity contribution in [2.45, 2.75) is 0 Å². The molecule has 1 aromatic heterocycles. The number of ether oxygens (including phenoxy) is 2. The van der Waals surface area contributed by atoms with Crippen LogP contribution < -0.4 is 10.1 Å². The van der Waals surface area contributed by atoms with Gasteiger partial charge in [0, 0.05) is 17.1 Å². The number of methoxy groups -OCH3 is 1. The molecule has 8 heteroatoms. The van der Waals surface area contributed by atoms with Gasteiger partial charge in [-0.05, 0) is 6.07 Å². The third-order valence-electron chi connectivity index (χ3n) is 2.39. The lowest BCUT2D eigenvalue weighted by Gasteiger charge is -2.10. The smallest absolute Gasteiger partial charge is 0.298 e. The molecule has 0 bridgehead atoms. The fraction of sp³-hybridized carbons (Fsp3) is 0.0769. The van der Waals surface area contributed by atoms with Crippen LogP contribution in [-0.2, 0) is 14.3 Å². The number of carbonyl (C=O) groups is 2. The quantitative estimate of drug-likeness (QED) is 0.495. The average Bonchev–Trinajstić information content (AvgIpc) is 2.99. The molecule has 0 spiro atoms. The molecule has 0 saturated heterocycles. The molecule has 1 aromatic carbocycles. The molecule has 0 aliphatic carbocycles. The van der Waals surface area contributed by atoms with Crippen molar-refractivity contribution in [1.82, 2.24) is 14.7 Å². The third-order valence-corrected chi connectivity index (χ3v) is 2.93. The molecule has 1 N–H and O–H groups in total. The number of imide groups is 1. The first kappa shape index (κ1) is 14.7. The van der Waals surface area contributed by atoms with Crippen molar-refractivity contribution >= 4 is 29.4 Å². The maximum atomic E-state index is 11.9. The minimum atomic E-state index is -0.597. The van der Waals surface area contributed by atoms with E-state index < -0.39 is 5.91 Å². The fourth-order valence-electron chi connectivity index (χ4n) is 1.57. The van der Waals surface area contributed by atoms with Crippen molar-refractivity contribution in [1.29, 1.82) is 0 Å². The molecule has 21 heavy (non-hydrogen) atoms. The van der Waals surface area contributed by atoms with Crippen molar-refractivity contribution in [3.8, 4) is 10.9 Å². The summed E-state index contributed by atoms with van der Waals surface area (Å²) >= 11 is 1.08. The van der Waals surface area contributed by atoms with Gasteiger partial charge in [-0.1, -0.05) is 18.2 Å². The molecule has 2 amide bonds. The van der Waals surface area contributed by atoms with E-state index in [4.69, 9.17) is 9.47 Å². The molecule has 2 rings (SSSR count). The van der Waals surface area contributed by atoms with Gasteiger partial charge in [0.05, 0.1) is 18.9 Å². The van der Waals surface area contributed by atoms with E-state index in [0.717, 1.165) is 11.5 Å². The minimum absolute atomic E-state index is 0.157. The Balaban J connectivity index is 2.38. The Morgan fingerprint density at radius 2 is 2.19 bits per heavy atom. The van der Waals surface area contributed by atoms with Crippen LogP contribution in [0.1, 0.15) is 5.56 Å². The van der Waals surface area contributed by atoms with Gasteiger partial charge in [0.15, 0.2) is 0 Å². The first-order valence-corrected chi connectivity index (χ1v) is 6.55. The van der Waals surface area contributed by atoms with Crippen molar-refractivity contribution in [3.63, 3.8) is 0 Å². The molecule has 0 aliphatic rings. The van der Waals surface area contributed by atoms with E-state index in [0.29, 0.717) is 22.9 Å². The summed E-state index contributed by atoms with van der Waals surface area (Å²) in [7, 11) is 1.41. The van der Waals surface area contributed by atoms with Gasteiger partial charge in [0.1, 0.15) is 12.1 Å². The van der Waals surface area contributed by atoms with E-state index in [1.165, 1.54) is 19.7 Å². The highest BCUT2D eigenvalue weighted by molar-refractivity contribution is 7.07. The number of rotatable bonds is 6. The number of amides is 2. The zero-order valence-corrected chi connectivity index (χ0v) is 11.8. The summed E-state index contributed by atoms with van der Waals surface area (Å²) in [5.41, 5.74) is 0.624. The summed E-state index contributed by atoms with van der Waals surface area (Å²) in [5.74, 6) is -0.196. The molecule has 7 nitrogen and oxygen atoms in total. The number of hydrogen-bond acceptors (Lipinski definition) is 7. The second kappa shape index (κ2) is 7.15. The highest BCUT2D eigenvalue weighted by Gasteiger charge is 2.17. The van der Waals surface area contributed by atoms with Gasteiger partial charge in [-0.25, -0.2) is 0 Å². The van der Waals surface area contributed by atoms with Crippen LogP contribution in [-0.4, -0.2) is 28.8 Å². The molecular weight excluding hydrogens is 294 g/mol. The molecule has 0 saturated carbocycles. The van der Waals surface area contributed by atoms with Gasteiger partial charge in [-0.2, -0.15) is 9.36 Å². The predicted octanol–water partition coefficient (Wildman–Crippen LogP) is 1.59. The van der Waals surface area contributed by atoms with Gasteiger partial charge in [0.2, 0.25) is 6.41 Å². The zero-order valence-electron chi connectivity index (χ0n) is 11.0. The van der Waals surface area contributed by atoms with E-state index in [9.17, 15) is 9.59 Å². The molecule has 108 valence electrons. The molecule has 1 heterocycles. The monoisotopic (exact) mass is 305 g/mol. The van der Waals surface area contributed by atoms with Crippen LogP contribution in [0, 0.1) is 0 Å².